The lowest BCUT2D eigenvalue weighted by Crippen LogP contribution is -2.35. The predicted octanol–water partition coefficient (Wildman–Crippen LogP) is 1.95. The maximum atomic E-state index is 11.5. The number of nitrogens with one attached hydrogen (secondary N) is 1. The van der Waals surface area contributed by atoms with Crippen LogP contribution >= 0.6 is 0 Å². The van der Waals surface area contributed by atoms with Gasteiger partial charge in [-0.1, -0.05) is 36.8 Å². The molecule has 0 heterocycles. The highest BCUT2D eigenvalue weighted by atomic mass is 16.1. The first-order valence-corrected chi connectivity index (χ1v) is 6.12. The van der Waals surface area contributed by atoms with Gasteiger partial charge in [0.25, 0.3) is 0 Å². The van der Waals surface area contributed by atoms with Gasteiger partial charge in [-0.25, -0.2) is 0 Å². The number of hydrogen-bond donors (Lipinski definition) is 1. The van der Waals surface area contributed by atoms with Gasteiger partial charge in [0.2, 0.25) is 5.91 Å². The van der Waals surface area contributed by atoms with Crippen LogP contribution in [-0.4, -0.2) is 30.9 Å². The summed E-state index contributed by atoms with van der Waals surface area (Å²) in [4.78, 5) is 13.5. The number of benzene rings is 1. The quantitative estimate of drug-likeness (QED) is 0.816. The number of rotatable bonds is 6. The minimum absolute atomic E-state index is 0.0991. The third-order valence-corrected chi connectivity index (χ3v) is 2.52. The smallest absolute Gasteiger partial charge is 0.234 e. The first kappa shape index (κ1) is 13.7. The summed E-state index contributed by atoms with van der Waals surface area (Å²) < 4.78 is 0. The number of hydrogen-bond acceptors (Lipinski definition) is 2. The van der Waals surface area contributed by atoms with Crippen molar-refractivity contribution in [2.45, 2.75) is 26.8 Å². The maximum absolute atomic E-state index is 11.5. The second-order valence-corrected chi connectivity index (χ2v) is 4.51. The lowest BCUT2D eigenvalue weighted by atomic mass is 10.1. The van der Waals surface area contributed by atoms with E-state index in [2.05, 4.69) is 43.4 Å². The Kier molecular flexibility index (Phi) is 5.70. The van der Waals surface area contributed by atoms with Crippen LogP contribution in [0.15, 0.2) is 24.3 Å². The first-order chi connectivity index (χ1) is 8.11. The zero-order valence-corrected chi connectivity index (χ0v) is 11.0. The van der Waals surface area contributed by atoms with Crippen molar-refractivity contribution in [3.8, 4) is 0 Å². The molecule has 0 spiro atoms. The molecule has 0 saturated carbocycles. The normalized spacial score (nSPS) is 10.6. The molecule has 1 amide bonds. The van der Waals surface area contributed by atoms with Crippen LogP contribution < -0.4 is 5.32 Å². The number of nitrogens with zero attached hydrogens (tertiary/aromatic N) is 1. The molecule has 0 aliphatic carbocycles. The Hall–Kier alpha value is -1.35. The average Bonchev–Trinajstić information content (AvgIpc) is 2.26. The summed E-state index contributed by atoms with van der Waals surface area (Å²) in [5.74, 6) is 0.0991. The molecule has 0 atom stereocenters. The van der Waals surface area contributed by atoms with Crippen LogP contribution in [0.4, 0.5) is 0 Å². The molecule has 3 heteroatoms. The lowest BCUT2D eigenvalue weighted by molar-refractivity contribution is -0.122. The van der Waals surface area contributed by atoms with Crippen molar-refractivity contribution in [2.24, 2.45) is 0 Å². The molecule has 0 bridgehead atoms. The molecule has 0 aliphatic rings. The Balaban J connectivity index is 2.39. The van der Waals surface area contributed by atoms with Crippen molar-refractivity contribution < 1.29 is 4.79 Å². The fraction of sp³-hybridized carbons (Fsp3) is 0.500. The van der Waals surface area contributed by atoms with Crippen molar-refractivity contribution in [1.82, 2.24) is 10.2 Å². The van der Waals surface area contributed by atoms with E-state index in [4.69, 9.17) is 0 Å². The Morgan fingerprint density at radius 2 is 2.18 bits per heavy atom. The molecule has 1 aromatic rings. The fourth-order valence-corrected chi connectivity index (χ4v) is 1.74. The lowest BCUT2D eigenvalue weighted by Gasteiger charge is -2.16. The summed E-state index contributed by atoms with van der Waals surface area (Å²) in [6.45, 7) is 6.15. The summed E-state index contributed by atoms with van der Waals surface area (Å²) in [5, 5.41) is 2.88. The summed E-state index contributed by atoms with van der Waals surface area (Å²) >= 11 is 0. The highest BCUT2D eigenvalue weighted by Gasteiger charge is 2.06. The summed E-state index contributed by atoms with van der Waals surface area (Å²) in [5.41, 5.74) is 2.50. The molecule has 0 saturated heterocycles. The zero-order chi connectivity index (χ0) is 12.7. The Labute approximate surface area is 104 Å². The average molecular weight is 234 g/mol. The largest absolute Gasteiger partial charge is 0.355 e. The number of likely N-dealkylation sites (N-methyl/N-ethyl adjacent to an activating group) is 1. The fourth-order valence-electron chi connectivity index (χ4n) is 1.74. The minimum atomic E-state index is 0.0991. The van der Waals surface area contributed by atoms with Gasteiger partial charge in [0.15, 0.2) is 0 Å². The Morgan fingerprint density at radius 3 is 2.82 bits per heavy atom. The van der Waals surface area contributed by atoms with E-state index in [9.17, 15) is 4.79 Å². The van der Waals surface area contributed by atoms with Gasteiger partial charge >= 0.3 is 0 Å². The van der Waals surface area contributed by atoms with Crippen molar-refractivity contribution in [3.63, 3.8) is 0 Å². The molecule has 1 aromatic carbocycles. The molecule has 0 unspecified atom stereocenters. The molecule has 1 rings (SSSR count). The summed E-state index contributed by atoms with van der Waals surface area (Å²) in [6.07, 6.45) is 0.979. The summed E-state index contributed by atoms with van der Waals surface area (Å²) in [7, 11) is 1.97. The first-order valence-electron chi connectivity index (χ1n) is 6.12. The maximum Gasteiger partial charge on any atom is 0.234 e. The molecular formula is C14H22N2O. The number of aryl methyl sites for hydroxylation is 1. The highest BCUT2D eigenvalue weighted by molar-refractivity contribution is 5.77. The number of amides is 1. The van der Waals surface area contributed by atoms with Gasteiger partial charge in [0.05, 0.1) is 6.54 Å². The third-order valence-electron chi connectivity index (χ3n) is 2.52. The van der Waals surface area contributed by atoms with E-state index in [1.54, 1.807) is 0 Å². The van der Waals surface area contributed by atoms with E-state index in [0.717, 1.165) is 19.5 Å². The minimum Gasteiger partial charge on any atom is -0.355 e. The van der Waals surface area contributed by atoms with Crippen LogP contribution in [0.25, 0.3) is 0 Å². The highest BCUT2D eigenvalue weighted by Crippen LogP contribution is 2.06. The van der Waals surface area contributed by atoms with Crippen LogP contribution in [0.3, 0.4) is 0 Å². The van der Waals surface area contributed by atoms with E-state index < -0.39 is 0 Å². The van der Waals surface area contributed by atoms with E-state index in [0.29, 0.717) is 6.54 Å². The van der Waals surface area contributed by atoms with Crippen molar-refractivity contribution in [2.75, 3.05) is 20.1 Å². The Morgan fingerprint density at radius 1 is 1.41 bits per heavy atom. The van der Waals surface area contributed by atoms with E-state index >= 15 is 0 Å². The molecule has 3 nitrogen and oxygen atoms in total. The molecule has 0 aromatic heterocycles. The van der Waals surface area contributed by atoms with Crippen molar-refractivity contribution in [3.05, 3.63) is 35.4 Å². The molecule has 0 fully saturated rings. The molecule has 94 valence electrons. The van der Waals surface area contributed by atoms with Gasteiger partial charge in [0, 0.05) is 13.1 Å². The van der Waals surface area contributed by atoms with Gasteiger partial charge in [0.1, 0.15) is 0 Å². The van der Waals surface area contributed by atoms with Crippen LogP contribution in [0.5, 0.6) is 0 Å². The van der Waals surface area contributed by atoms with Crippen LogP contribution in [0.2, 0.25) is 0 Å². The van der Waals surface area contributed by atoms with Gasteiger partial charge in [-0.2, -0.15) is 0 Å². The molecular weight excluding hydrogens is 212 g/mol. The third kappa shape index (κ3) is 5.50. The van der Waals surface area contributed by atoms with Gasteiger partial charge in [-0.15, -0.1) is 0 Å². The molecule has 0 aliphatic heterocycles. The van der Waals surface area contributed by atoms with Gasteiger partial charge in [-0.3, -0.25) is 9.69 Å². The second kappa shape index (κ2) is 7.07. The number of carbonyl (C=O) groups excluding carboxylic acids is 1. The number of carbonyl (C=O) groups is 1. The van der Waals surface area contributed by atoms with Gasteiger partial charge < -0.3 is 5.32 Å². The van der Waals surface area contributed by atoms with E-state index in [-0.39, 0.29) is 5.91 Å². The van der Waals surface area contributed by atoms with Crippen molar-refractivity contribution >= 4 is 5.91 Å². The zero-order valence-electron chi connectivity index (χ0n) is 11.0. The van der Waals surface area contributed by atoms with Crippen molar-refractivity contribution in [1.29, 1.82) is 0 Å². The van der Waals surface area contributed by atoms with Gasteiger partial charge in [-0.05, 0) is 26.0 Å². The van der Waals surface area contributed by atoms with Crippen LogP contribution in [0, 0.1) is 6.92 Å². The van der Waals surface area contributed by atoms with Crippen LogP contribution in [-0.2, 0) is 11.3 Å². The monoisotopic (exact) mass is 234 g/mol. The molecule has 1 N–H and O–H groups in total. The molecule has 17 heavy (non-hydrogen) atoms. The SMILES string of the molecule is CCCNC(=O)CN(C)Cc1cccc(C)c1. The second-order valence-electron chi connectivity index (χ2n) is 4.51. The van der Waals surface area contributed by atoms with E-state index in [1.807, 2.05) is 11.9 Å². The predicted molar refractivity (Wildman–Crippen MR) is 70.8 cm³/mol. The molecule has 0 radical (unpaired) electrons. The standard InChI is InChI=1S/C14H22N2O/c1-4-8-15-14(17)11-16(3)10-13-7-5-6-12(2)9-13/h5-7,9H,4,8,10-11H2,1-3H3,(H,15,17). The Bertz CT molecular complexity index is 363. The topological polar surface area (TPSA) is 32.3 Å². The van der Waals surface area contributed by atoms with E-state index in [1.165, 1.54) is 11.1 Å². The summed E-state index contributed by atoms with van der Waals surface area (Å²) in [6, 6.07) is 8.38. The van der Waals surface area contributed by atoms with Crippen LogP contribution in [0.1, 0.15) is 24.5 Å².